The molecule has 0 saturated heterocycles. The van der Waals surface area contributed by atoms with E-state index < -0.39 is 0 Å². The van der Waals surface area contributed by atoms with Crippen molar-refractivity contribution in [3.05, 3.63) is 39.4 Å². The molecule has 0 bridgehead atoms. The molecule has 14 heavy (non-hydrogen) atoms. The second-order valence-corrected chi connectivity index (χ2v) is 4.77. The van der Waals surface area contributed by atoms with Crippen molar-refractivity contribution < 1.29 is 4.79 Å². The Morgan fingerprint density at radius 3 is 2.86 bits per heavy atom. The van der Waals surface area contributed by atoms with Gasteiger partial charge in [-0.1, -0.05) is 22.0 Å². The van der Waals surface area contributed by atoms with E-state index in [0.29, 0.717) is 5.78 Å². The molecule has 0 amide bonds. The van der Waals surface area contributed by atoms with Gasteiger partial charge in [-0.25, -0.2) is 0 Å². The van der Waals surface area contributed by atoms with Crippen LogP contribution in [0.2, 0.25) is 0 Å². The molecule has 1 nitrogen and oxygen atoms in total. The number of ketones is 1. The van der Waals surface area contributed by atoms with E-state index in [4.69, 9.17) is 0 Å². The Bertz CT molecular complexity index is 471. The molecule has 0 unspecified atom stereocenters. The van der Waals surface area contributed by atoms with Gasteiger partial charge < -0.3 is 0 Å². The van der Waals surface area contributed by atoms with Gasteiger partial charge in [-0.2, -0.15) is 0 Å². The Morgan fingerprint density at radius 2 is 2.00 bits per heavy atom. The van der Waals surface area contributed by atoms with Crippen molar-refractivity contribution >= 4 is 27.3 Å². The fourth-order valence-electron chi connectivity index (χ4n) is 2.39. The Labute approximate surface area is 90.9 Å². The van der Waals surface area contributed by atoms with E-state index in [0.717, 1.165) is 29.3 Å². The van der Waals surface area contributed by atoms with Crippen molar-refractivity contribution in [2.45, 2.75) is 19.3 Å². The van der Waals surface area contributed by atoms with Gasteiger partial charge in [0.2, 0.25) is 0 Å². The van der Waals surface area contributed by atoms with Crippen LogP contribution in [0, 0.1) is 0 Å². The number of carbonyl (C=O) groups excluding carboxylic acids is 1. The highest BCUT2D eigenvalue weighted by Gasteiger charge is 2.30. The lowest BCUT2D eigenvalue weighted by molar-refractivity contribution is -0.114. The van der Waals surface area contributed by atoms with Crippen molar-refractivity contribution in [3.63, 3.8) is 0 Å². The van der Waals surface area contributed by atoms with Gasteiger partial charge in [0.15, 0.2) is 5.78 Å². The van der Waals surface area contributed by atoms with Gasteiger partial charge in [-0.15, -0.1) is 0 Å². The standard InChI is InChI=1S/C12H9BrO/c13-8-2-1-7-5-11-9(10(7)6-8)3-4-12(11)14/h1-2,6H,3-5H2. The summed E-state index contributed by atoms with van der Waals surface area (Å²) in [7, 11) is 0. The van der Waals surface area contributed by atoms with Crippen LogP contribution >= 0.6 is 15.9 Å². The number of Topliss-reactive ketones (excluding diaryl/α,β-unsaturated/α-hetero) is 1. The molecule has 0 N–H and O–H groups in total. The number of hydrogen-bond acceptors (Lipinski definition) is 1. The highest BCUT2D eigenvalue weighted by molar-refractivity contribution is 9.10. The van der Waals surface area contributed by atoms with Crippen molar-refractivity contribution in [3.8, 4) is 0 Å². The Hall–Kier alpha value is -0.890. The molecule has 0 radical (unpaired) electrons. The topological polar surface area (TPSA) is 17.1 Å². The minimum atomic E-state index is 0.354. The van der Waals surface area contributed by atoms with Gasteiger partial charge in [0.05, 0.1) is 0 Å². The van der Waals surface area contributed by atoms with Gasteiger partial charge in [-0.3, -0.25) is 4.79 Å². The van der Waals surface area contributed by atoms with Gasteiger partial charge in [0.25, 0.3) is 0 Å². The first-order valence-electron chi connectivity index (χ1n) is 4.80. The number of halogens is 1. The fourth-order valence-corrected chi connectivity index (χ4v) is 2.75. The summed E-state index contributed by atoms with van der Waals surface area (Å²) in [6, 6.07) is 6.30. The molecule has 70 valence electrons. The Kier molecular flexibility index (Phi) is 1.68. The lowest BCUT2D eigenvalue weighted by Gasteiger charge is -2.03. The molecule has 0 saturated carbocycles. The van der Waals surface area contributed by atoms with Crippen LogP contribution in [-0.4, -0.2) is 5.78 Å². The summed E-state index contributed by atoms with van der Waals surface area (Å²) in [4.78, 5) is 11.5. The van der Waals surface area contributed by atoms with Gasteiger partial charge in [0.1, 0.15) is 0 Å². The third-order valence-electron chi connectivity index (χ3n) is 3.07. The maximum atomic E-state index is 11.5. The van der Waals surface area contributed by atoms with Gasteiger partial charge in [0, 0.05) is 22.9 Å². The molecule has 1 aromatic carbocycles. The molecule has 2 heteroatoms. The van der Waals surface area contributed by atoms with Crippen molar-refractivity contribution in [1.29, 1.82) is 0 Å². The molecule has 0 heterocycles. The molecular weight excluding hydrogens is 240 g/mol. The third kappa shape index (κ3) is 1.04. The smallest absolute Gasteiger partial charge is 0.159 e. The number of fused-ring (bicyclic) bond motifs is 2. The van der Waals surface area contributed by atoms with Crippen LogP contribution in [0.15, 0.2) is 28.2 Å². The zero-order valence-electron chi connectivity index (χ0n) is 7.64. The average molecular weight is 249 g/mol. The molecule has 0 aliphatic heterocycles. The number of allylic oxidation sites excluding steroid dienone is 2. The minimum Gasteiger partial charge on any atom is -0.295 e. The highest BCUT2D eigenvalue weighted by Crippen LogP contribution is 2.41. The molecule has 3 rings (SSSR count). The van der Waals surface area contributed by atoms with Crippen LogP contribution in [0.25, 0.3) is 5.57 Å². The van der Waals surface area contributed by atoms with Crippen LogP contribution in [0.1, 0.15) is 24.0 Å². The quantitative estimate of drug-likeness (QED) is 0.690. The zero-order valence-corrected chi connectivity index (χ0v) is 9.23. The lowest BCUT2D eigenvalue weighted by Crippen LogP contribution is -1.97. The predicted molar refractivity (Wildman–Crippen MR) is 59.0 cm³/mol. The van der Waals surface area contributed by atoms with Crippen molar-refractivity contribution in [1.82, 2.24) is 0 Å². The molecule has 0 spiro atoms. The molecule has 0 aromatic heterocycles. The van der Waals surface area contributed by atoms with Gasteiger partial charge >= 0.3 is 0 Å². The van der Waals surface area contributed by atoms with E-state index in [2.05, 4.69) is 28.1 Å². The van der Waals surface area contributed by atoms with Crippen LogP contribution in [0.4, 0.5) is 0 Å². The van der Waals surface area contributed by atoms with E-state index in [1.807, 2.05) is 6.07 Å². The SMILES string of the molecule is O=C1CCC2=C1Cc1ccc(Br)cc12. The molecular formula is C12H9BrO. The zero-order chi connectivity index (χ0) is 9.71. The third-order valence-corrected chi connectivity index (χ3v) is 3.56. The van der Waals surface area contributed by atoms with E-state index in [1.54, 1.807) is 0 Å². The van der Waals surface area contributed by atoms with Crippen LogP contribution in [0.3, 0.4) is 0 Å². The largest absolute Gasteiger partial charge is 0.295 e. The van der Waals surface area contributed by atoms with Crippen molar-refractivity contribution in [2.24, 2.45) is 0 Å². The Balaban J connectivity index is 2.19. The maximum Gasteiger partial charge on any atom is 0.159 e. The fraction of sp³-hybridized carbons (Fsp3) is 0.250. The molecule has 2 aliphatic rings. The predicted octanol–water partition coefficient (Wildman–Crippen LogP) is 3.12. The maximum absolute atomic E-state index is 11.5. The summed E-state index contributed by atoms with van der Waals surface area (Å²) in [5.41, 5.74) is 4.97. The summed E-state index contributed by atoms with van der Waals surface area (Å²) in [5.74, 6) is 0.354. The van der Waals surface area contributed by atoms with E-state index in [1.165, 1.54) is 16.7 Å². The van der Waals surface area contributed by atoms with E-state index in [-0.39, 0.29) is 0 Å². The monoisotopic (exact) mass is 248 g/mol. The molecule has 2 aliphatic carbocycles. The lowest BCUT2D eigenvalue weighted by atomic mass is 10.0. The second kappa shape index (κ2) is 2.80. The Morgan fingerprint density at radius 1 is 1.14 bits per heavy atom. The number of hydrogen-bond donors (Lipinski definition) is 0. The highest BCUT2D eigenvalue weighted by atomic mass is 79.9. The van der Waals surface area contributed by atoms with Crippen LogP contribution in [-0.2, 0) is 11.2 Å². The van der Waals surface area contributed by atoms with Gasteiger partial charge in [-0.05, 0) is 35.3 Å². The normalized spacial score (nSPS) is 18.8. The summed E-state index contributed by atoms with van der Waals surface area (Å²) in [6.45, 7) is 0. The number of carbonyl (C=O) groups is 1. The van der Waals surface area contributed by atoms with E-state index in [9.17, 15) is 4.79 Å². The molecule has 0 atom stereocenters. The van der Waals surface area contributed by atoms with Crippen LogP contribution in [0.5, 0.6) is 0 Å². The number of benzene rings is 1. The first-order chi connectivity index (χ1) is 6.75. The van der Waals surface area contributed by atoms with Crippen molar-refractivity contribution in [2.75, 3.05) is 0 Å². The summed E-state index contributed by atoms with van der Waals surface area (Å²) in [6.07, 6.45) is 2.52. The average Bonchev–Trinajstić information content (AvgIpc) is 2.67. The first kappa shape index (κ1) is 8.42. The van der Waals surface area contributed by atoms with Crippen LogP contribution < -0.4 is 0 Å². The summed E-state index contributed by atoms with van der Waals surface area (Å²) in [5, 5.41) is 0. The first-order valence-corrected chi connectivity index (χ1v) is 5.59. The summed E-state index contributed by atoms with van der Waals surface area (Å²) >= 11 is 3.47. The number of rotatable bonds is 0. The van der Waals surface area contributed by atoms with E-state index >= 15 is 0 Å². The minimum absolute atomic E-state index is 0.354. The molecule has 0 fully saturated rings. The summed E-state index contributed by atoms with van der Waals surface area (Å²) < 4.78 is 1.10. The molecule has 1 aromatic rings. The second-order valence-electron chi connectivity index (χ2n) is 3.86.